The summed E-state index contributed by atoms with van der Waals surface area (Å²) < 4.78 is 0. The average molecular weight is 183 g/mol. The Hall–Kier alpha value is -0.660. The standard InChI is InChI=1S/C11H21NO/c1-3-5-6-7-8-9-11(13)10(12)4-2/h12H,3-9H2,1-2H3. The van der Waals surface area contributed by atoms with E-state index in [2.05, 4.69) is 6.92 Å². The van der Waals surface area contributed by atoms with Gasteiger partial charge in [0, 0.05) is 6.42 Å². The van der Waals surface area contributed by atoms with Crippen LogP contribution >= 0.6 is 0 Å². The molecular formula is C11H21NO. The Morgan fingerprint density at radius 3 is 2.23 bits per heavy atom. The maximum Gasteiger partial charge on any atom is 0.176 e. The van der Waals surface area contributed by atoms with Crippen LogP contribution in [0.5, 0.6) is 0 Å². The highest BCUT2D eigenvalue weighted by atomic mass is 16.1. The molecular weight excluding hydrogens is 162 g/mol. The molecule has 0 aromatic carbocycles. The van der Waals surface area contributed by atoms with Crippen molar-refractivity contribution in [1.82, 2.24) is 0 Å². The number of unbranched alkanes of at least 4 members (excludes halogenated alkanes) is 4. The van der Waals surface area contributed by atoms with E-state index in [0.717, 1.165) is 12.8 Å². The van der Waals surface area contributed by atoms with Crippen molar-refractivity contribution >= 4 is 11.5 Å². The SMILES string of the molecule is CCCCCCCC(=O)C(=N)CC. The van der Waals surface area contributed by atoms with Gasteiger partial charge in [-0.05, 0) is 12.8 Å². The van der Waals surface area contributed by atoms with Gasteiger partial charge in [-0.25, -0.2) is 0 Å². The number of carbonyl (C=O) groups excluding carboxylic acids is 1. The summed E-state index contributed by atoms with van der Waals surface area (Å²) in [6, 6.07) is 0. The van der Waals surface area contributed by atoms with Crippen LogP contribution in [0.4, 0.5) is 0 Å². The summed E-state index contributed by atoms with van der Waals surface area (Å²) in [5, 5.41) is 7.31. The monoisotopic (exact) mass is 183 g/mol. The molecule has 0 aromatic rings. The highest BCUT2D eigenvalue weighted by Crippen LogP contribution is 2.05. The third kappa shape index (κ3) is 6.50. The molecule has 0 aliphatic carbocycles. The fraction of sp³-hybridized carbons (Fsp3) is 0.818. The minimum Gasteiger partial charge on any atom is -0.302 e. The van der Waals surface area contributed by atoms with Crippen molar-refractivity contribution in [2.45, 2.75) is 58.8 Å². The van der Waals surface area contributed by atoms with Crippen LogP contribution in [0.2, 0.25) is 0 Å². The number of hydrogen-bond donors (Lipinski definition) is 1. The molecule has 0 aliphatic rings. The molecule has 2 nitrogen and oxygen atoms in total. The molecule has 0 atom stereocenters. The fourth-order valence-corrected chi connectivity index (χ4v) is 1.24. The Bertz CT molecular complexity index is 163. The van der Waals surface area contributed by atoms with Crippen LogP contribution in [0.15, 0.2) is 0 Å². The van der Waals surface area contributed by atoms with Gasteiger partial charge in [0.2, 0.25) is 0 Å². The smallest absolute Gasteiger partial charge is 0.176 e. The molecule has 0 saturated carbocycles. The molecule has 0 rings (SSSR count). The van der Waals surface area contributed by atoms with Gasteiger partial charge in [0.25, 0.3) is 0 Å². The molecule has 13 heavy (non-hydrogen) atoms. The fourth-order valence-electron chi connectivity index (χ4n) is 1.24. The van der Waals surface area contributed by atoms with Gasteiger partial charge in [-0.1, -0.05) is 39.5 Å². The highest BCUT2D eigenvalue weighted by molar-refractivity contribution is 6.38. The first-order valence-electron chi connectivity index (χ1n) is 5.33. The first kappa shape index (κ1) is 12.3. The molecule has 1 N–H and O–H groups in total. The molecule has 0 fully saturated rings. The van der Waals surface area contributed by atoms with E-state index in [1.807, 2.05) is 6.92 Å². The normalized spacial score (nSPS) is 10.0. The van der Waals surface area contributed by atoms with Gasteiger partial charge in [0.05, 0.1) is 5.71 Å². The summed E-state index contributed by atoms with van der Waals surface area (Å²) in [4.78, 5) is 11.2. The molecule has 0 aliphatic heterocycles. The highest BCUT2D eigenvalue weighted by Gasteiger charge is 2.05. The third-order valence-corrected chi connectivity index (χ3v) is 2.20. The number of hydrogen-bond acceptors (Lipinski definition) is 2. The van der Waals surface area contributed by atoms with Crippen LogP contribution < -0.4 is 0 Å². The maximum absolute atomic E-state index is 11.2. The zero-order valence-corrected chi connectivity index (χ0v) is 8.86. The van der Waals surface area contributed by atoms with Gasteiger partial charge >= 0.3 is 0 Å². The second-order valence-corrected chi connectivity index (χ2v) is 3.42. The van der Waals surface area contributed by atoms with Gasteiger partial charge in [-0.2, -0.15) is 0 Å². The maximum atomic E-state index is 11.2. The van der Waals surface area contributed by atoms with Crippen LogP contribution in [0.25, 0.3) is 0 Å². The predicted molar refractivity (Wildman–Crippen MR) is 56.4 cm³/mol. The van der Waals surface area contributed by atoms with Crippen LogP contribution in [-0.4, -0.2) is 11.5 Å². The third-order valence-electron chi connectivity index (χ3n) is 2.20. The van der Waals surface area contributed by atoms with E-state index >= 15 is 0 Å². The molecule has 0 amide bonds. The molecule has 0 bridgehead atoms. The van der Waals surface area contributed by atoms with Crippen molar-refractivity contribution in [3.63, 3.8) is 0 Å². The van der Waals surface area contributed by atoms with E-state index in [9.17, 15) is 4.79 Å². The topological polar surface area (TPSA) is 40.9 Å². The van der Waals surface area contributed by atoms with Gasteiger partial charge in [-0.3, -0.25) is 4.79 Å². The Labute approximate surface area is 81.2 Å². The summed E-state index contributed by atoms with van der Waals surface area (Å²) in [5.41, 5.74) is 0.287. The quantitative estimate of drug-likeness (QED) is 0.455. The lowest BCUT2D eigenvalue weighted by atomic mass is 10.1. The summed E-state index contributed by atoms with van der Waals surface area (Å²) >= 11 is 0. The molecule has 0 unspecified atom stereocenters. The van der Waals surface area contributed by atoms with Crippen molar-refractivity contribution in [2.75, 3.05) is 0 Å². The van der Waals surface area contributed by atoms with Gasteiger partial charge in [0.1, 0.15) is 0 Å². The predicted octanol–water partition coefficient (Wildman–Crippen LogP) is 3.35. The Kier molecular flexibility index (Phi) is 7.56. The van der Waals surface area contributed by atoms with Crippen molar-refractivity contribution in [3.8, 4) is 0 Å². The number of rotatable bonds is 8. The summed E-state index contributed by atoms with van der Waals surface area (Å²) in [6.07, 6.45) is 6.98. The molecule has 76 valence electrons. The second-order valence-electron chi connectivity index (χ2n) is 3.42. The second kappa shape index (κ2) is 7.96. The number of ketones is 1. The molecule has 2 heteroatoms. The van der Waals surface area contributed by atoms with Crippen molar-refractivity contribution in [1.29, 1.82) is 5.41 Å². The van der Waals surface area contributed by atoms with Crippen molar-refractivity contribution in [3.05, 3.63) is 0 Å². The first-order chi connectivity index (χ1) is 6.22. The first-order valence-corrected chi connectivity index (χ1v) is 5.33. The Morgan fingerprint density at radius 2 is 1.69 bits per heavy atom. The molecule has 0 aromatic heterocycles. The number of carbonyl (C=O) groups is 1. The van der Waals surface area contributed by atoms with Crippen LogP contribution in [-0.2, 0) is 4.79 Å². The van der Waals surface area contributed by atoms with E-state index in [4.69, 9.17) is 5.41 Å². The zero-order valence-electron chi connectivity index (χ0n) is 8.86. The zero-order chi connectivity index (χ0) is 10.1. The minimum atomic E-state index is 0.0407. The lowest BCUT2D eigenvalue weighted by Gasteiger charge is -2.00. The summed E-state index contributed by atoms with van der Waals surface area (Å²) in [6.45, 7) is 4.04. The summed E-state index contributed by atoms with van der Waals surface area (Å²) in [7, 11) is 0. The number of Topliss-reactive ketones (excluding diaryl/α,β-unsaturated/α-hetero) is 1. The van der Waals surface area contributed by atoms with Crippen LogP contribution in [0.1, 0.15) is 58.8 Å². The number of nitrogens with one attached hydrogen (secondary N) is 1. The molecule has 0 heterocycles. The van der Waals surface area contributed by atoms with Gasteiger partial charge in [0.15, 0.2) is 5.78 Å². The Morgan fingerprint density at radius 1 is 1.08 bits per heavy atom. The average Bonchev–Trinajstić information content (AvgIpc) is 2.16. The molecule has 0 saturated heterocycles. The lowest BCUT2D eigenvalue weighted by molar-refractivity contribution is -0.113. The van der Waals surface area contributed by atoms with Crippen molar-refractivity contribution in [2.24, 2.45) is 0 Å². The van der Waals surface area contributed by atoms with Crippen molar-refractivity contribution < 1.29 is 4.79 Å². The molecule has 0 spiro atoms. The van der Waals surface area contributed by atoms with E-state index in [0.29, 0.717) is 12.8 Å². The van der Waals surface area contributed by atoms with E-state index < -0.39 is 0 Å². The molecule has 0 radical (unpaired) electrons. The largest absolute Gasteiger partial charge is 0.302 e. The van der Waals surface area contributed by atoms with Crippen LogP contribution in [0.3, 0.4) is 0 Å². The van der Waals surface area contributed by atoms with Gasteiger partial charge in [-0.15, -0.1) is 0 Å². The minimum absolute atomic E-state index is 0.0407. The van der Waals surface area contributed by atoms with E-state index in [1.165, 1.54) is 19.3 Å². The van der Waals surface area contributed by atoms with E-state index in [1.54, 1.807) is 0 Å². The lowest BCUT2D eigenvalue weighted by Crippen LogP contribution is -2.10. The van der Waals surface area contributed by atoms with Gasteiger partial charge < -0.3 is 5.41 Å². The Balaban J connectivity index is 3.32. The van der Waals surface area contributed by atoms with Crippen LogP contribution in [0, 0.1) is 5.41 Å². The summed E-state index contributed by atoms with van der Waals surface area (Å²) in [5.74, 6) is 0.0407. The van der Waals surface area contributed by atoms with E-state index in [-0.39, 0.29) is 11.5 Å².